The molecule has 0 bridgehead atoms. The Bertz CT molecular complexity index is 916. The highest BCUT2D eigenvalue weighted by molar-refractivity contribution is 7.19. The van der Waals surface area contributed by atoms with Gasteiger partial charge in [0.15, 0.2) is 5.13 Å². The summed E-state index contributed by atoms with van der Waals surface area (Å²) in [7, 11) is 1.96. The van der Waals surface area contributed by atoms with Gasteiger partial charge in [0.2, 0.25) is 5.91 Å². The van der Waals surface area contributed by atoms with E-state index in [-0.39, 0.29) is 17.6 Å². The molecule has 0 radical (unpaired) electrons. The molecule has 1 N–H and O–H groups in total. The van der Waals surface area contributed by atoms with Crippen LogP contribution in [0, 0.1) is 5.82 Å². The zero-order chi connectivity index (χ0) is 17.4. The normalized spacial score (nSPS) is 16.5. The zero-order valence-electron chi connectivity index (χ0n) is 13.7. The van der Waals surface area contributed by atoms with E-state index in [0.717, 1.165) is 41.1 Å². The summed E-state index contributed by atoms with van der Waals surface area (Å²) >= 11 is 1.38. The first-order valence-electron chi connectivity index (χ1n) is 8.14. The van der Waals surface area contributed by atoms with E-state index >= 15 is 0 Å². The Morgan fingerprint density at radius 3 is 2.92 bits per heavy atom. The summed E-state index contributed by atoms with van der Waals surface area (Å²) in [4.78, 5) is 22.3. The Kier molecular flexibility index (Phi) is 4.09. The molecule has 1 atom stereocenters. The number of hydrogen-bond acceptors (Lipinski definition) is 4. The van der Waals surface area contributed by atoms with Gasteiger partial charge in [0.1, 0.15) is 5.82 Å². The molecule has 1 amide bonds. The summed E-state index contributed by atoms with van der Waals surface area (Å²) in [5.41, 5.74) is 2.89. The van der Waals surface area contributed by atoms with Crippen LogP contribution in [0.2, 0.25) is 0 Å². The summed E-state index contributed by atoms with van der Waals surface area (Å²) in [6.07, 6.45) is 6.20. The van der Waals surface area contributed by atoms with Crippen LogP contribution in [0.1, 0.15) is 30.1 Å². The molecule has 4 rings (SSSR count). The van der Waals surface area contributed by atoms with Gasteiger partial charge < -0.3 is 9.88 Å². The van der Waals surface area contributed by atoms with Gasteiger partial charge in [0, 0.05) is 18.9 Å². The van der Waals surface area contributed by atoms with Crippen LogP contribution >= 0.6 is 11.3 Å². The third kappa shape index (κ3) is 3.07. The van der Waals surface area contributed by atoms with Gasteiger partial charge >= 0.3 is 0 Å². The largest absolute Gasteiger partial charge is 0.337 e. The van der Waals surface area contributed by atoms with E-state index in [0.29, 0.717) is 5.13 Å². The van der Waals surface area contributed by atoms with Gasteiger partial charge in [0.05, 0.1) is 22.8 Å². The van der Waals surface area contributed by atoms with Crippen LogP contribution in [0.5, 0.6) is 0 Å². The maximum Gasteiger partial charge on any atom is 0.235 e. The van der Waals surface area contributed by atoms with Crippen molar-refractivity contribution < 1.29 is 9.18 Å². The fraction of sp³-hybridized carbons (Fsp3) is 0.278. The molecule has 25 heavy (non-hydrogen) atoms. The number of nitrogens with one attached hydrogen (secondary N) is 1. The second-order valence-corrected chi connectivity index (χ2v) is 7.19. The zero-order valence-corrected chi connectivity index (χ0v) is 14.5. The number of carbonyl (C=O) groups excluding carboxylic acids is 1. The molecule has 0 aliphatic heterocycles. The fourth-order valence-corrected chi connectivity index (χ4v) is 4.03. The quantitative estimate of drug-likeness (QED) is 0.778. The minimum atomic E-state index is -0.273. The standard InChI is InChI=1S/C18H17FN4OS/c1-23-10-21-16-13(3-2-4-14(16)23)17(24)22-18-20-9-15(25-18)11-5-7-12(19)8-6-11/h5-10,13H,2-4H2,1H3,(H,20,22,24). The summed E-state index contributed by atoms with van der Waals surface area (Å²) in [5, 5.41) is 3.46. The van der Waals surface area contributed by atoms with Crippen LogP contribution in [0.25, 0.3) is 10.4 Å². The van der Waals surface area contributed by atoms with Gasteiger partial charge in [-0.25, -0.2) is 14.4 Å². The minimum Gasteiger partial charge on any atom is -0.337 e. The lowest BCUT2D eigenvalue weighted by Crippen LogP contribution is -2.25. The highest BCUT2D eigenvalue weighted by Crippen LogP contribution is 2.33. The Balaban J connectivity index is 1.51. The number of thiazole rings is 1. The molecule has 2 heterocycles. The molecule has 5 nitrogen and oxygen atoms in total. The minimum absolute atomic E-state index is 0.0698. The molecule has 2 aromatic heterocycles. The lowest BCUT2D eigenvalue weighted by Gasteiger charge is -2.20. The van der Waals surface area contributed by atoms with Crippen molar-refractivity contribution in [3.63, 3.8) is 0 Å². The van der Waals surface area contributed by atoms with Gasteiger partial charge in [-0.05, 0) is 37.0 Å². The van der Waals surface area contributed by atoms with Crippen molar-refractivity contribution in [2.75, 3.05) is 5.32 Å². The number of aryl methyl sites for hydroxylation is 1. The van der Waals surface area contributed by atoms with Crippen LogP contribution in [-0.2, 0) is 18.3 Å². The number of amides is 1. The number of rotatable bonds is 3. The maximum absolute atomic E-state index is 13.0. The third-order valence-corrected chi connectivity index (χ3v) is 5.47. The van der Waals surface area contributed by atoms with Crippen molar-refractivity contribution in [3.8, 4) is 10.4 Å². The van der Waals surface area contributed by atoms with Crippen LogP contribution in [0.4, 0.5) is 9.52 Å². The van der Waals surface area contributed by atoms with E-state index in [1.165, 1.54) is 23.5 Å². The predicted octanol–water partition coefficient (Wildman–Crippen LogP) is 3.74. The van der Waals surface area contributed by atoms with Gasteiger partial charge in [-0.2, -0.15) is 0 Å². The number of hydrogen-bond donors (Lipinski definition) is 1. The van der Waals surface area contributed by atoms with Crippen molar-refractivity contribution >= 4 is 22.4 Å². The van der Waals surface area contributed by atoms with Gasteiger partial charge in [0.25, 0.3) is 0 Å². The van der Waals surface area contributed by atoms with E-state index in [1.54, 1.807) is 24.7 Å². The molecule has 1 aliphatic rings. The Morgan fingerprint density at radius 2 is 2.12 bits per heavy atom. The number of aromatic nitrogens is 3. The maximum atomic E-state index is 13.0. The van der Waals surface area contributed by atoms with Gasteiger partial charge in [-0.15, -0.1) is 0 Å². The van der Waals surface area contributed by atoms with Crippen molar-refractivity contribution in [1.82, 2.24) is 14.5 Å². The SMILES string of the molecule is Cn1cnc2c1CCCC2C(=O)Nc1ncc(-c2ccc(F)cc2)s1. The first-order chi connectivity index (χ1) is 12.1. The van der Waals surface area contributed by atoms with Crippen molar-refractivity contribution in [1.29, 1.82) is 0 Å². The highest BCUT2D eigenvalue weighted by Gasteiger charge is 2.30. The van der Waals surface area contributed by atoms with Crippen molar-refractivity contribution in [2.24, 2.45) is 7.05 Å². The molecule has 0 fully saturated rings. The van der Waals surface area contributed by atoms with Crippen LogP contribution in [-0.4, -0.2) is 20.4 Å². The van der Waals surface area contributed by atoms with E-state index < -0.39 is 0 Å². The van der Waals surface area contributed by atoms with Crippen LogP contribution in [0.15, 0.2) is 36.8 Å². The average molecular weight is 356 g/mol. The first kappa shape index (κ1) is 16.0. The van der Waals surface area contributed by atoms with Gasteiger partial charge in [-0.3, -0.25) is 4.79 Å². The number of anilines is 1. The van der Waals surface area contributed by atoms with E-state index in [9.17, 15) is 9.18 Å². The third-order valence-electron chi connectivity index (χ3n) is 4.51. The number of fused-ring (bicyclic) bond motifs is 1. The molecule has 0 spiro atoms. The predicted molar refractivity (Wildman–Crippen MR) is 95.0 cm³/mol. The van der Waals surface area contributed by atoms with Crippen molar-refractivity contribution in [2.45, 2.75) is 25.2 Å². The molecule has 1 aliphatic carbocycles. The molecule has 7 heteroatoms. The fourth-order valence-electron chi connectivity index (χ4n) is 3.21. The van der Waals surface area contributed by atoms with Crippen LogP contribution in [0.3, 0.4) is 0 Å². The Hall–Kier alpha value is -2.54. The first-order valence-corrected chi connectivity index (χ1v) is 8.96. The van der Waals surface area contributed by atoms with E-state index in [2.05, 4.69) is 15.3 Å². The summed E-state index contributed by atoms with van der Waals surface area (Å²) in [5.74, 6) is -0.576. The molecule has 128 valence electrons. The number of imidazole rings is 1. The number of benzene rings is 1. The number of halogens is 1. The molecule has 3 aromatic rings. The lowest BCUT2D eigenvalue weighted by molar-refractivity contribution is -0.118. The average Bonchev–Trinajstić information content (AvgIpc) is 3.23. The summed E-state index contributed by atoms with van der Waals surface area (Å²) < 4.78 is 15.0. The molecular formula is C18H17FN4OS. The Morgan fingerprint density at radius 1 is 1.32 bits per heavy atom. The molecule has 0 saturated heterocycles. The topological polar surface area (TPSA) is 59.8 Å². The van der Waals surface area contributed by atoms with Crippen molar-refractivity contribution in [3.05, 3.63) is 54.0 Å². The summed E-state index contributed by atoms with van der Waals surface area (Å²) in [6.45, 7) is 0. The summed E-state index contributed by atoms with van der Waals surface area (Å²) in [6, 6.07) is 6.24. The lowest BCUT2D eigenvalue weighted by atomic mass is 9.89. The smallest absolute Gasteiger partial charge is 0.235 e. The molecule has 1 aromatic carbocycles. The second kappa shape index (κ2) is 6.40. The van der Waals surface area contributed by atoms with E-state index in [1.807, 2.05) is 11.6 Å². The molecule has 1 unspecified atom stereocenters. The second-order valence-electron chi connectivity index (χ2n) is 6.16. The highest BCUT2D eigenvalue weighted by atomic mass is 32.1. The molecular weight excluding hydrogens is 339 g/mol. The number of carbonyl (C=O) groups is 1. The van der Waals surface area contributed by atoms with E-state index in [4.69, 9.17) is 0 Å². The van der Waals surface area contributed by atoms with Crippen LogP contribution < -0.4 is 5.32 Å². The van der Waals surface area contributed by atoms with Gasteiger partial charge in [-0.1, -0.05) is 23.5 Å². The number of nitrogens with zero attached hydrogens (tertiary/aromatic N) is 3. The Labute approximate surface area is 148 Å². The monoisotopic (exact) mass is 356 g/mol. The molecule has 0 saturated carbocycles.